The Bertz CT molecular complexity index is 392. The molecule has 0 aromatic heterocycles. The maximum atomic E-state index is 12.3. The first-order chi connectivity index (χ1) is 9.33. The second kappa shape index (κ2) is 5.57. The number of urea groups is 1. The van der Waals surface area contributed by atoms with Crippen molar-refractivity contribution in [2.75, 3.05) is 26.3 Å². The molecule has 2 heterocycles. The first kappa shape index (κ1) is 15.1. The molecule has 7 heteroatoms. The number of aliphatic carboxylic acids is 1. The summed E-state index contributed by atoms with van der Waals surface area (Å²) >= 11 is 0. The van der Waals surface area contributed by atoms with Crippen LogP contribution < -0.4 is 5.32 Å². The predicted molar refractivity (Wildman–Crippen MR) is 70.5 cm³/mol. The minimum absolute atomic E-state index is 0.0183. The third-order valence-electron chi connectivity index (χ3n) is 3.95. The number of ether oxygens (including phenoxy) is 2. The van der Waals surface area contributed by atoms with Crippen LogP contribution in [0.2, 0.25) is 0 Å². The maximum Gasteiger partial charge on any atom is 0.317 e. The number of rotatable bonds is 2. The van der Waals surface area contributed by atoms with Crippen LogP contribution in [0.5, 0.6) is 0 Å². The van der Waals surface area contributed by atoms with Gasteiger partial charge in [0.2, 0.25) is 0 Å². The Hall–Kier alpha value is -1.34. The number of amides is 2. The van der Waals surface area contributed by atoms with Gasteiger partial charge >= 0.3 is 12.0 Å². The van der Waals surface area contributed by atoms with Gasteiger partial charge in [0.1, 0.15) is 5.41 Å². The average Bonchev–Trinajstić information content (AvgIpc) is 2.71. The van der Waals surface area contributed by atoms with Gasteiger partial charge in [-0.25, -0.2) is 4.79 Å². The van der Waals surface area contributed by atoms with Gasteiger partial charge in [-0.3, -0.25) is 4.79 Å². The topological polar surface area (TPSA) is 88.1 Å². The minimum atomic E-state index is -1.07. The van der Waals surface area contributed by atoms with Crippen LogP contribution in [-0.2, 0) is 14.3 Å². The van der Waals surface area contributed by atoms with Crippen molar-refractivity contribution in [1.82, 2.24) is 10.2 Å². The Morgan fingerprint density at radius 3 is 2.45 bits per heavy atom. The zero-order valence-electron chi connectivity index (χ0n) is 12.1. The summed E-state index contributed by atoms with van der Waals surface area (Å²) in [6.07, 6.45) is -0.0367. The van der Waals surface area contributed by atoms with Crippen molar-refractivity contribution in [3.63, 3.8) is 0 Å². The van der Waals surface area contributed by atoms with Gasteiger partial charge in [-0.05, 0) is 20.8 Å². The molecule has 4 atom stereocenters. The molecule has 7 nitrogen and oxygen atoms in total. The van der Waals surface area contributed by atoms with Gasteiger partial charge in [-0.15, -0.1) is 0 Å². The standard InChI is InChI=1S/C13H22N2O5/c1-8-4-15(5-9(2)20-8)12(18)14-10-6-19-7-13(10,3)11(16)17/h8-10H,4-7H2,1-3H3,(H,14,18)(H,16,17). The van der Waals surface area contributed by atoms with Crippen molar-refractivity contribution >= 4 is 12.0 Å². The lowest BCUT2D eigenvalue weighted by Gasteiger charge is -2.36. The van der Waals surface area contributed by atoms with Crippen molar-refractivity contribution in [2.24, 2.45) is 5.41 Å². The number of hydrogen-bond donors (Lipinski definition) is 2. The third-order valence-corrected chi connectivity index (χ3v) is 3.95. The van der Waals surface area contributed by atoms with E-state index in [9.17, 15) is 14.7 Å². The van der Waals surface area contributed by atoms with E-state index in [2.05, 4.69) is 5.32 Å². The Kier molecular flexibility index (Phi) is 4.19. The number of carboxylic acids is 1. The zero-order valence-corrected chi connectivity index (χ0v) is 12.1. The second-order valence-electron chi connectivity index (χ2n) is 5.90. The molecule has 0 aromatic rings. The first-order valence-electron chi connectivity index (χ1n) is 6.85. The molecule has 0 aromatic carbocycles. The van der Waals surface area contributed by atoms with Crippen LogP contribution in [0, 0.1) is 5.41 Å². The number of carboxylic acid groups (broad SMARTS) is 1. The molecule has 2 amide bonds. The molecule has 0 spiro atoms. The van der Waals surface area contributed by atoms with E-state index < -0.39 is 17.4 Å². The van der Waals surface area contributed by atoms with Crippen molar-refractivity contribution in [3.05, 3.63) is 0 Å². The highest BCUT2D eigenvalue weighted by molar-refractivity contribution is 5.79. The molecule has 0 bridgehead atoms. The zero-order chi connectivity index (χ0) is 14.9. The SMILES string of the molecule is CC1CN(C(=O)NC2COCC2(C)C(=O)O)CC(C)O1. The second-order valence-corrected chi connectivity index (χ2v) is 5.90. The molecule has 0 aliphatic carbocycles. The summed E-state index contributed by atoms with van der Waals surface area (Å²) in [6.45, 7) is 6.78. The Labute approximate surface area is 118 Å². The number of morpholine rings is 1. The van der Waals surface area contributed by atoms with Crippen molar-refractivity contribution in [3.8, 4) is 0 Å². The summed E-state index contributed by atoms with van der Waals surface area (Å²) in [5.41, 5.74) is -1.07. The summed E-state index contributed by atoms with van der Waals surface area (Å²) in [5, 5.41) is 12.1. The van der Waals surface area contributed by atoms with E-state index in [4.69, 9.17) is 9.47 Å². The van der Waals surface area contributed by atoms with E-state index in [1.54, 1.807) is 11.8 Å². The van der Waals surface area contributed by atoms with Crippen molar-refractivity contribution in [1.29, 1.82) is 0 Å². The summed E-state index contributed by atoms with van der Waals surface area (Å²) in [5.74, 6) is -0.955. The Balaban J connectivity index is 1.99. The van der Waals surface area contributed by atoms with E-state index >= 15 is 0 Å². The number of nitrogens with zero attached hydrogens (tertiary/aromatic N) is 1. The van der Waals surface area contributed by atoms with Crippen molar-refractivity contribution in [2.45, 2.75) is 39.0 Å². The van der Waals surface area contributed by atoms with Gasteiger partial charge in [0.15, 0.2) is 0 Å². The lowest BCUT2D eigenvalue weighted by atomic mass is 9.85. The van der Waals surface area contributed by atoms with Crippen molar-refractivity contribution < 1.29 is 24.2 Å². The molecule has 0 saturated carbocycles. The molecule has 0 radical (unpaired) electrons. The molecule has 20 heavy (non-hydrogen) atoms. The van der Waals surface area contributed by atoms with Crippen LogP contribution in [-0.4, -0.2) is 66.6 Å². The monoisotopic (exact) mass is 286 g/mol. The van der Waals surface area contributed by atoms with Crippen LogP contribution in [0.25, 0.3) is 0 Å². The van der Waals surface area contributed by atoms with Gasteiger partial charge < -0.3 is 24.8 Å². The van der Waals surface area contributed by atoms with Gasteiger partial charge in [-0.1, -0.05) is 0 Å². The van der Waals surface area contributed by atoms with Crippen LogP contribution in [0.15, 0.2) is 0 Å². The van der Waals surface area contributed by atoms with Crippen LogP contribution >= 0.6 is 0 Å². The smallest absolute Gasteiger partial charge is 0.317 e. The molecule has 2 rings (SSSR count). The first-order valence-corrected chi connectivity index (χ1v) is 6.85. The molecule has 4 unspecified atom stereocenters. The molecule has 2 aliphatic rings. The summed E-state index contributed by atoms with van der Waals surface area (Å²) in [4.78, 5) is 25.3. The van der Waals surface area contributed by atoms with E-state index in [0.717, 1.165) is 0 Å². The maximum absolute atomic E-state index is 12.3. The highest BCUT2D eigenvalue weighted by atomic mass is 16.5. The highest BCUT2D eigenvalue weighted by Gasteiger charge is 2.47. The molecule has 114 valence electrons. The van der Waals surface area contributed by atoms with Gasteiger partial charge in [0, 0.05) is 13.1 Å². The van der Waals surface area contributed by atoms with Crippen LogP contribution in [0.1, 0.15) is 20.8 Å². The molecular formula is C13H22N2O5. The van der Waals surface area contributed by atoms with Gasteiger partial charge in [0.25, 0.3) is 0 Å². The minimum Gasteiger partial charge on any atom is -0.481 e. The highest BCUT2D eigenvalue weighted by Crippen LogP contribution is 2.29. The molecule has 2 fully saturated rings. The average molecular weight is 286 g/mol. The molecule has 2 aliphatic heterocycles. The number of carbonyl (C=O) groups is 2. The number of hydrogen-bond acceptors (Lipinski definition) is 4. The molecular weight excluding hydrogens is 264 g/mol. The fourth-order valence-electron chi connectivity index (χ4n) is 2.67. The lowest BCUT2D eigenvalue weighted by Crippen LogP contribution is -2.57. The summed E-state index contributed by atoms with van der Waals surface area (Å²) in [7, 11) is 0. The Morgan fingerprint density at radius 1 is 1.30 bits per heavy atom. The molecule has 2 N–H and O–H groups in total. The van der Waals surface area contributed by atoms with Gasteiger partial charge in [-0.2, -0.15) is 0 Å². The van der Waals surface area contributed by atoms with E-state index in [1.807, 2.05) is 13.8 Å². The van der Waals surface area contributed by atoms with Crippen LogP contribution in [0.4, 0.5) is 4.79 Å². The van der Waals surface area contributed by atoms with Crippen LogP contribution in [0.3, 0.4) is 0 Å². The van der Waals surface area contributed by atoms with Gasteiger partial charge in [0.05, 0.1) is 31.5 Å². The summed E-state index contributed by atoms with van der Waals surface area (Å²) in [6, 6.07) is -0.768. The Morgan fingerprint density at radius 2 is 1.90 bits per heavy atom. The van der Waals surface area contributed by atoms with E-state index in [0.29, 0.717) is 13.1 Å². The van der Waals surface area contributed by atoms with E-state index in [1.165, 1.54) is 0 Å². The normalized spacial score (nSPS) is 37.8. The quantitative estimate of drug-likeness (QED) is 0.762. The number of carbonyl (C=O) groups excluding carboxylic acids is 1. The largest absolute Gasteiger partial charge is 0.481 e. The number of nitrogens with one attached hydrogen (secondary N) is 1. The lowest BCUT2D eigenvalue weighted by molar-refractivity contribution is -0.148. The third kappa shape index (κ3) is 2.88. The molecule has 2 saturated heterocycles. The fourth-order valence-corrected chi connectivity index (χ4v) is 2.67. The summed E-state index contributed by atoms with van der Waals surface area (Å²) < 4.78 is 10.8. The van der Waals surface area contributed by atoms with E-state index in [-0.39, 0.29) is 31.5 Å². The fraction of sp³-hybridized carbons (Fsp3) is 0.846. The predicted octanol–water partition coefficient (Wildman–Crippen LogP) is 0.295.